The average molecular weight is 333 g/mol. The lowest BCUT2D eigenvalue weighted by Crippen LogP contribution is -2.32. The minimum Gasteiger partial charge on any atom is -0.361 e. The summed E-state index contributed by atoms with van der Waals surface area (Å²) in [5.74, 6) is 0. The first-order valence-electron chi connectivity index (χ1n) is 9.70. The quantitative estimate of drug-likeness (QED) is 0.892. The van der Waals surface area contributed by atoms with E-state index < -0.39 is 0 Å². The number of nitrogens with one attached hydrogen (secondary N) is 1. The first kappa shape index (κ1) is 15.4. The highest BCUT2D eigenvalue weighted by atomic mass is 15.2. The second-order valence-corrected chi connectivity index (χ2v) is 7.93. The van der Waals surface area contributed by atoms with Crippen LogP contribution in [0.2, 0.25) is 0 Å². The van der Waals surface area contributed by atoms with E-state index in [1.807, 2.05) is 0 Å². The molecule has 0 spiro atoms. The molecule has 0 unspecified atom stereocenters. The Hall–Kier alpha value is -1.84. The number of likely N-dealkylation sites (N-methyl/N-ethyl adjacent to an activating group) is 1. The van der Waals surface area contributed by atoms with Crippen LogP contribution in [0.4, 0.5) is 0 Å². The second kappa shape index (κ2) is 6.15. The maximum atomic E-state index is 3.48. The minimum atomic E-state index is 0.776. The fourth-order valence-corrected chi connectivity index (χ4v) is 4.77. The van der Waals surface area contributed by atoms with Gasteiger partial charge in [0.2, 0.25) is 0 Å². The topological polar surface area (TPSA) is 22.3 Å². The van der Waals surface area contributed by atoms with Crippen LogP contribution in [0.3, 0.4) is 0 Å². The Morgan fingerprint density at radius 3 is 2.88 bits per heavy atom. The van der Waals surface area contributed by atoms with Crippen molar-refractivity contribution in [1.82, 2.24) is 14.8 Å². The molecule has 0 saturated carbocycles. The third kappa shape index (κ3) is 2.76. The molecular formula is C22H27N3. The molecule has 1 atom stereocenters. The van der Waals surface area contributed by atoms with E-state index in [4.69, 9.17) is 0 Å². The zero-order chi connectivity index (χ0) is 16.8. The van der Waals surface area contributed by atoms with Crippen molar-refractivity contribution in [2.45, 2.75) is 31.7 Å². The molecule has 1 fully saturated rings. The van der Waals surface area contributed by atoms with Gasteiger partial charge in [-0.2, -0.15) is 0 Å². The molecule has 25 heavy (non-hydrogen) atoms. The zero-order valence-electron chi connectivity index (χ0n) is 15.1. The molecule has 5 rings (SSSR count). The SMILES string of the molecule is CN1CC=C(c2c[nH]c3ccc(C4=CCN5CCC[C@H]5C4)cc23)CC1. The Morgan fingerprint density at radius 1 is 1.08 bits per heavy atom. The van der Waals surface area contributed by atoms with Crippen LogP contribution in [-0.2, 0) is 0 Å². The summed E-state index contributed by atoms with van der Waals surface area (Å²) >= 11 is 0. The number of H-pyrrole nitrogens is 1. The summed E-state index contributed by atoms with van der Waals surface area (Å²) < 4.78 is 0. The summed E-state index contributed by atoms with van der Waals surface area (Å²) in [7, 11) is 2.20. The van der Waals surface area contributed by atoms with Gasteiger partial charge in [0, 0.05) is 48.3 Å². The molecule has 1 N–H and O–H groups in total. The maximum absolute atomic E-state index is 3.48. The third-order valence-electron chi connectivity index (χ3n) is 6.34. The van der Waals surface area contributed by atoms with Crippen molar-refractivity contribution in [2.75, 3.05) is 33.2 Å². The largest absolute Gasteiger partial charge is 0.361 e. The number of hydrogen-bond donors (Lipinski definition) is 1. The Kier molecular flexibility index (Phi) is 3.79. The molecule has 1 aromatic heterocycles. The molecule has 3 nitrogen and oxygen atoms in total. The molecule has 3 aliphatic heterocycles. The number of rotatable bonds is 2. The van der Waals surface area contributed by atoms with Gasteiger partial charge >= 0.3 is 0 Å². The van der Waals surface area contributed by atoms with Crippen LogP contribution >= 0.6 is 0 Å². The Bertz CT molecular complexity index is 857. The third-order valence-corrected chi connectivity index (χ3v) is 6.34. The summed E-state index contributed by atoms with van der Waals surface area (Å²) in [6, 6.07) is 7.78. The van der Waals surface area contributed by atoms with Crippen molar-refractivity contribution in [1.29, 1.82) is 0 Å². The van der Waals surface area contributed by atoms with Crippen molar-refractivity contribution in [3.05, 3.63) is 47.7 Å². The fourth-order valence-electron chi connectivity index (χ4n) is 4.77. The van der Waals surface area contributed by atoms with Crippen molar-refractivity contribution >= 4 is 22.0 Å². The van der Waals surface area contributed by atoms with E-state index >= 15 is 0 Å². The van der Waals surface area contributed by atoms with Crippen molar-refractivity contribution < 1.29 is 0 Å². The summed E-state index contributed by atoms with van der Waals surface area (Å²) in [6.07, 6.45) is 12.2. The van der Waals surface area contributed by atoms with Gasteiger partial charge in [-0.15, -0.1) is 0 Å². The zero-order valence-corrected chi connectivity index (χ0v) is 15.1. The maximum Gasteiger partial charge on any atom is 0.0460 e. The molecule has 1 aromatic carbocycles. The first-order chi connectivity index (χ1) is 12.3. The van der Waals surface area contributed by atoms with E-state index in [1.54, 1.807) is 5.57 Å². The highest BCUT2D eigenvalue weighted by molar-refractivity contribution is 5.94. The van der Waals surface area contributed by atoms with Gasteiger partial charge in [0.05, 0.1) is 0 Å². The van der Waals surface area contributed by atoms with Crippen LogP contribution in [0.1, 0.15) is 36.8 Å². The van der Waals surface area contributed by atoms with Crippen LogP contribution in [0.15, 0.2) is 36.5 Å². The lowest BCUT2D eigenvalue weighted by molar-refractivity contribution is 0.275. The van der Waals surface area contributed by atoms with E-state index in [9.17, 15) is 0 Å². The Labute approximate surface area is 150 Å². The van der Waals surface area contributed by atoms with Gasteiger partial charge in [-0.1, -0.05) is 18.2 Å². The molecule has 2 aromatic rings. The summed E-state index contributed by atoms with van der Waals surface area (Å²) in [4.78, 5) is 8.51. The van der Waals surface area contributed by atoms with Gasteiger partial charge < -0.3 is 9.88 Å². The lowest BCUT2D eigenvalue weighted by Gasteiger charge is -2.29. The Balaban J connectivity index is 1.50. The van der Waals surface area contributed by atoms with Gasteiger partial charge in [-0.3, -0.25) is 4.90 Å². The van der Waals surface area contributed by atoms with E-state index in [-0.39, 0.29) is 0 Å². The molecule has 130 valence electrons. The molecule has 0 bridgehead atoms. The summed E-state index contributed by atoms with van der Waals surface area (Å²) in [5.41, 5.74) is 7.14. The van der Waals surface area contributed by atoms with Gasteiger partial charge in [-0.05, 0) is 68.1 Å². The van der Waals surface area contributed by atoms with Crippen LogP contribution in [0.25, 0.3) is 22.0 Å². The minimum absolute atomic E-state index is 0.776. The highest BCUT2D eigenvalue weighted by Gasteiger charge is 2.28. The lowest BCUT2D eigenvalue weighted by atomic mass is 9.92. The number of nitrogens with zero attached hydrogens (tertiary/aromatic N) is 2. The molecule has 0 amide bonds. The van der Waals surface area contributed by atoms with Crippen LogP contribution in [0, 0.1) is 0 Å². The van der Waals surface area contributed by atoms with Gasteiger partial charge in [0.15, 0.2) is 0 Å². The summed E-state index contributed by atoms with van der Waals surface area (Å²) in [6.45, 7) is 4.64. The fraction of sp³-hybridized carbons (Fsp3) is 0.455. The molecule has 3 aliphatic rings. The van der Waals surface area contributed by atoms with Gasteiger partial charge in [0.1, 0.15) is 0 Å². The molecular weight excluding hydrogens is 306 g/mol. The van der Waals surface area contributed by atoms with E-state index in [2.05, 4.69) is 58.4 Å². The number of hydrogen-bond acceptors (Lipinski definition) is 2. The Morgan fingerprint density at radius 2 is 2.00 bits per heavy atom. The van der Waals surface area contributed by atoms with Crippen LogP contribution < -0.4 is 0 Å². The highest BCUT2D eigenvalue weighted by Crippen LogP contribution is 2.35. The van der Waals surface area contributed by atoms with Crippen molar-refractivity contribution in [2.24, 2.45) is 0 Å². The molecule has 1 saturated heterocycles. The molecule has 0 radical (unpaired) electrons. The number of benzene rings is 1. The van der Waals surface area contributed by atoms with E-state index in [0.717, 1.165) is 32.1 Å². The number of aromatic nitrogens is 1. The predicted octanol–water partition coefficient (Wildman–Crippen LogP) is 4.14. The van der Waals surface area contributed by atoms with E-state index in [0.29, 0.717) is 0 Å². The number of aromatic amines is 1. The second-order valence-electron chi connectivity index (χ2n) is 7.93. The van der Waals surface area contributed by atoms with Crippen molar-refractivity contribution in [3.63, 3.8) is 0 Å². The van der Waals surface area contributed by atoms with Gasteiger partial charge in [0.25, 0.3) is 0 Å². The molecule has 3 heteroatoms. The smallest absolute Gasteiger partial charge is 0.0460 e. The monoisotopic (exact) mass is 333 g/mol. The molecule has 0 aliphatic carbocycles. The average Bonchev–Trinajstić information content (AvgIpc) is 3.28. The van der Waals surface area contributed by atoms with Gasteiger partial charge in [-0.25, -0.2) is 0 Å². The predicted molar refractivity (Wildman–Crippen MR) is 106 cm³/mol. The van der Waals surface area contributed by atoms with E-state index in [1.165, 1.54) is 53.4 Å². The first-order valence-corrected chi connectivity index (χ1v) is 9.70. The number of fused-ring (bicyclic) bond motifs is 2. The van der Waals surface area contributed by atoms with Crippen LogP contribution in [0.5, 0.6) is 0 Å². The van der Waals surface area contributed by atoms with Crippen LogP contribution in [-0.4, -0.2) is 54.1 Å². The molecule has 4 heterocycles. The standard InChI is InChI=1S/C22H27N3/c1-24-10-6-16(7-11-24)21-15-23-22-5-4-17(14-20(21)22)18-8-12-25-9-2-3-19(25)13-18/h4-6,8,14-15,19,23H,2-3,7,9-13H2,1H3/t19-/m0/s1. The van der Waals surface area contributed by atoms with Crippen molar-refractivity contribution in [3.8, 4) is 0 Å². The normalized spacial score (nSPS) is 25.1. The summed E-state index contributed by atoms with van der Waals surface area (Å²) in [5, 5.41) is 1.39.